The van der Waals surface area contributed by atoms with Gasteiger partial charge >= 0.3 is 5.97 Å². The zero-order valence-corrected chi connectivity index (χ0v) is 15.6. The third-order valence-corrected chi connectivity index (χ3v) is 5.27. The lowest BCUT2D eigenvalue weighted by atomic mass is 9.86. The number of ether oxygens (including phenoxy) is 3. The zero-order chi connectivity index (χ0) is 18.7. The van der Waals surface area contributed by atoms with Crippen LogP contribution in [0.2, 0.25) is 0 Å². The highest BCUT2D eigenvalue weighted by Gasteiger charge is 2.32. The summed E-state index contributed by atoms with van der Waals surface area (Å²) in [5.41, 5.74) is 1.07. The van der Waals surface area contributed by atoms with Gasteiger partial charge in [0.2, 0.25) is 5.75 Å². The molecule has 3 atom stereocenters. The molecule has 1 aromatic carbocycles. The van der Waals surface area contributed by atoms with Crippen molar-refractivity contribution in [2.45, 2.75) is 32.4 Å². The lowest BCUT2D eigenvalue weighted by Gasteiger charge is -2.20. The van der Waals surface area contributed by atoms with Gasteiger partial charge in [-0.2, -0.15) is 0 Å². The number of allylic oxidation sites excluding steroid dienone is 2. The van der Waals surface area contributed by atoms with Crippen molar-refractivity contribution in [1.29, 1.82) is 0 Å². The summed E-state index contributed by atoms with van der Waals surface area (Å²) in [5, 5.41) is 9.10. The molecular formula is C20H27NO5. The summed E-state index contributed by atoms with van der Waals surface area (Å²) in [6, 6.07) is 3.82. The molecule has 6 nitrogen and oxygen atoms in total. The van der Waals surface area contributed by atoms with Crippen LogP contribution in [-0.4, -0.2) is 49.4 Å². The summed E-state index contributed by atoms with van der Waals surface area (Å²) in [4.78, 5) is 13.6. The summed E-state index contributed by atoms with van der Waals surface area (Å²) in [6.07, 6.45) is 5.96. The molecule has 0 radical (unpaired) electrons. The third-order valence-electron chi connectivity index (χ3n) is 5.27. The maximum Gasteiger partial charge on any atom is 0.344 e. The summed E-state index contributed by atoms with van der Waals surface area (Å²) in [6.45, 7) is 4.51. The van der Waals surface area contributed by atoms with Crippen molar-refractivity contribution in [3.63, 3.8) is 0 Å². The van der Waals surface area contributed by atoms with E-state index in [2.05, 4.69) is 17.1 Å². The van der Waals surface area contributed by atoms with Crippen LogP contribution in [0.15, 0.2) is 24.3 Å². The molecule has 0 bridgehead atoms. The van der Waals surface area contributed by atoms with Crippen LogP contribution in [0.4, 0.5) is 0 Å². The Kier molecular flexibility index (Phi) is 5.71. The van der Waals surface area contributed by atoms with Crippen molar-refractivity contribution in [2.75, 3.05) is 27.3 Å². The predicted molar refractivity (Wildman–Crippen MR) is 97.9 cm³/mol. The number of benzene rings is 1. The topological polar surface area (TPSA) is 68.2 Å². The molecular weight excluding hydrogens is 334 g/mol. The molecule has 1 N–H and O–H groups in total. The lowest BCUT2D eigenvalue weighted by molar-refractivity contribution is -0.144. The largest absolute Gasteiger partial charge is 0.493 e. The number of methoxy groups -OCH3 is 2. The van der Waals surface area contributed by atoms with Gasteiger partial charge in [0.05, 0.1) is 14.2 Å². The average molecular weight is 361 g/mol. The minimum atomic E-state index is -1.04. The van der Waals surface area contributed by atoms with Crippen LogP contribution in [0.3, 0.4) is 0 Å². The minimum Gasteiger partial charge on any atom is -0.493 e. The molecule has 2 aliphatic rings. The van der Waals surface area contributed by atoms with Crippen LogP contribution in [0.1, 0.15) is 25.3 Å². The van der Waals surface area contributed by atoms with Gasteiger partial charge in [0.1, 0.15) is 0 Å². The molecule has 0 unspecified atom stereocenters. The van der Waals surface area contributed by atoms with Gasteiger partial charge in [0.25, 0.3) is 0 Å². The Bertz CT molecular complexity index is 646. The second-order valence-corrected chi connectivity index (χ2v) is 7.08. The second kappa shape index (κ2) is 7.99. The summed E-state index contributed by atoms with van der Waals surface area (Å²) >= 11 is 0. The van der Waals surface area contributed by atoms with E-state index >= 15 is 0 Å². The average Bonchev–Trinajstić information content (AvgIpc) is 3.04. The van der Waals surface area contributed by atoms with Crippen molar-refractivity contribution in [3.05, 3.63) is 29.8 Å². The Balaban J connectivity index is 1.77. The Morgan fingerprint density at radius 1 is 1.15 bits per heavy atom. The van der Waals surface area contributed by atoms with Gasteiger partial charge < -0.3 is 19.3 Å². The molecule has 26 heavy (non-hydrogen) atoms. The highest BCUT2D eigenvalue weighted by molar-refractivity contribution is 5.72. The normalized spacial score (nSPS) is 23.3. The molecule has 0 saturated carbocycles. The van der Waals surface area contributed by atoms with E-state index in [9.17, 15) is 4.79 Å². The van der Waals surface area contributed by atoms with Crippen molar-refractivity contribution >= 4 is 5.97 Å². The van der Waals surface area contributed by atoms with Gasteiger partial charge in [-0.25, -0.2) is 4.79 Å². The Labute approximate surface area is 154 Å². The van der Waals surface area contributed by atoms with E-state index in [1.807, 2.05) is 12.1 Å². The van der Waals surface area contributed by atoms with Crippen molar-refractivity contribution in [1.82, 2.24) is 4.90 Å². The fraction of sp³-hybridized carbons (Fsp3) is 0.550. The van der Waals surface area contributed by atoms with Crippen LogP contribution in [0, 0.1) is 11.8 Å². The number of carboxylic acids is 1. The number of fused-ring (bicyclic) bond motifs is 1. The molecule has 0 amide bonds. The summed E-state index contributed by atoms with van der Waals surface area (Å²) < 4.78 is 16.4. The highest BCUT2D eigenvalue weighted by atomic mass is 16.6. The molecule has 1 saturated heterocycles. The van der Waals surface area contributed by atoms with Crippen LogP contribution < -0.4 is 14.2 Å². The molecule has 1 aliphatic carbocycles. The molecule has 6 heteroatoms. The number of aliphatic carboxylic acids is 1. The number of likely N-dealkylation sites (tertiary alicyclic amines) is 1. The first kappa shape index (κ1) is 18.6. The number of carboxylic acid groups (broad SMARTS) is 1. The van der Waals surface area contributed by atoms with E-state index in [0.29, 0.717) is 17.2 Å². The number of hydrogen-bond donors (Lipinski definition) is 1. The highest BCUT2D eigenvalue weighted by Crippen LogP contribution is 2.40. The standard InChI is InChI=1S/C20H27NO5/c1-13(20(22)23)26-19-17(24-2)8-14(9-18(19)25-3)10-21-11-15-6-4-5-7-16(15)12-21/h4-5,8-9,13,15-16H,6-7,10-12H2,1-3H3,(H,22,23)/t13-,15-,16+/m0/s1. The van der Waals surface area contributed by atoms with E-state index in [1.54, 1.807) is 14.2 Å². The van der Waals surface area contributed by atoms with Crippen molar-refractivity contribution in [2.24, 2.45) is 11.8 Å². The Hall–Kier alpha value is -2.21. The van der Waals surface area contributed by atoms with Gasteiger partial charge in [0, 0.05) is 19.6 Å². The minimum absolute atomic E-state index is 0.327. The second-order valence-electron chi connectivity index (χ2n) is 7.08. The van der Waals surface area contributed by atoms with Gasteiger partial charge in [-0.05, 0) is 49.3 Å². The van der Waals surface area contributed by atoms with E-state index in [1.165, 1.54) is 19.8 Å². The van der Waals surface area contributed by atoms with Crippen LogP contribution in [-0.2, 0) is 11.3 Å². The summed E-state index contributed by atoms with van der Waals surface area (Å²) in [5.74, 6) is 1.78. The van der Waals surface area contributed by atoms with Crippen molar-refractivity contribution < 1.29 is 24.1 Å². The van der Waals surface area contributed by atoms with Crippen LogP contribution >= 0.6 is 0 Å². The first-order valence-electron chi connectivity index (χ1n) is 9.03. The number of nitrogens with zero attached hydrogens (tertiary/aromatic N) is 1. The van der Waals surface area contributed by atoms with Gasteiger partial charge in [-0.3, -0.25) is 4.90 Å². The van der Waals surface area contributed by atoms with Gasteiger partial charge in [-0.1, -0.05) is 12.2 Å². The molecule has 1 fully saturated rings. The molecule has 142 valence electrons. The number of carbonyl (C=O) groups is 1. The van der Waals surface area contributed by atoms with E-state index in [4.69, 9.17) is 19.3 Å². The maximum absolute atomic E-state index is 11.1. The molecule has 0 aromatic heterocycles. The van der Waals surface area contributed by atoms with E-state index in [-0.39, 0.29) is 0 Å². The van der Waals surface area contributed by atoms with Gasteiger partial charge in [-0.15, -0.1) is 0 Å². The number of hydrogen-bond acceptors (Lipinski definition) is 5. The first-order valence-corrected chi connectivity index (χ1v) is 9.03. The quantitative estimate of drug-likeness (QED) is 0.753. The fourth-order valence-corrected chi connectivity index (χ4v) is 3.87. The van der Waals surface area contributed by atoms with E-state index < -0.39 is 12.1 Å². The third kappa shape index (κ3) is 3.96. The van der Waals surface area contributed by atoms with E-state index in [0.717, 1.165) is 37.0 Å². The smallest absolute Gasteiger partial charge is 0.344 e. The van der Waals surface area contributed by atoms with Crippen molar-refractivity contribution in [3.8, 4) is 17.2 Å². The molecule has 1 aliphatic heterocycles. The number of rotatable bonds is 7. The zero-order valence-electron chi connectivity index (χ0n) is 15.6. The predicted octanol–water partition coefficient (Wildman–Crippen LogP) is 2.95. The summed E-state index contributed by atoms with van der Waals surface area (Å²) in [7, 11) is 3.10. The van der Waals surface area contributed by atoms with Crippen LogP contribution in [0.25, 0.3) is 0 Å². The Morgan fingerprint density at radius 2 is 1.69 bits per heavy atom. The first-order chi connectivity index (χ1) is 12.5. The maximum atomic E-state index is 11.1. The molecule has 3 rings (SSSR count). The Morgan fingerprint density at radius 3 is 2.15 bits per heavy atom. The SMILES string of the molecule is COc1cc(CN2C[C@H]3CC=CC[C@H]3C2)cc(OC)c1O[C@@H](C)C(=O)O. The van der Waals surface area contributed by atoms with Crippen LogP contribution in [0.5, 0.6) is 17.2 Å². The lowest BCUT2D eigenvalue weighted by Crippen LogP contribution is -2.23. The fourth-order valence-electron chi connectivity index (χ4n) is 3.87. The van der Waals surface area contributed by atoms with Gasteiger partial charge in [0.15, 0.2) is 17.6 Å². The molecule has 1 aromatic rings. The molecule has 0 spiro atoms. The monoisotopic (exact) mass is 361 g/mol. The molecule has 1 heterocycles.